The number of aromatic nitrogens is 2. The molecule has 7 nitrogen and oxygen atoms in total. The van der Waals surface area contributed by atoms with Crippen LogP contribution in [0.1, 0.15) is 35.9 Å². The highest BCUT2D eigenvalue weighted by atomic mass is 32.2. The highest BCUT2D eigenvalue weighted by Crippen LogP contribution is 2.25. The van der Waals surface area contributed by atoms with E-state index in [0.29, 0.717) is 29.8 Å². The van der Waals surface area contributed by atoms with Crippen LogP contribution in [0.15, 0.2) is 40.2 Å². The molecule has 37 heavy (non-hydrogen) atoms. The Morgan fingerprint density at radius 1 is 1.14 bits per heavy atom. The van der Waals surface area contributed by atoms with Crippen LogP contribution in [0.2, 0.25) is 0 Å². The van der Waals surface area contributed by atoms with E-state index in [4.69, 9.17) is 0 Å². The summed E-state index contributed by atoms with van der Waals surface area (Å²) in [5.74, 6) is -0.812. The van der Waals surface area contributed by atoms with Gasteiger partial charge in [0.05, 0.1) is 13.0 Å². The molecule has 2 N–H and O–H groups in total. The number of thiophene rings is 1. The van der Waals surface area contributed by atoms with E-state index < -0.39 is 46.8 Å². The lowest BCUT2D eigenvalue weighted by Gasteiger charge is -2.13. The standard InChI is InChI=1S/C23H25F5N4O3S2/c1-14(7-16-9-19(24)18(20(25)10-16)12-32-6-5-29-15(32)2)8-17-11-21(36-13-17)37(34,35)31-22(33)30-4-3-23(26,27)28/h5-6,9-11,13-14H,3-4,7-8,12H2,1-2H3,(H2,30,31,33). The lowest BCUT2D eigenvalue weighted by atomic mass is 9.94. The summed E-state index contributed by atoms with van der Waals surface area (Å²) in [7, 11) is -4.27. The molecular formula is C23H25F5N4O3S2. The molecule has 2 heterocycles. The molecule has 1 atom stereocenters. The number of urea groups is 1. The second kappa shape index (κ2) is 11.6. The summed E-state index contributed by atoms with van der Waals surface area (Å²) in [5.41, 5.74) is 1.01. The number of sulfonamides is 1. The Kier molecular flexibility index (Phi) is 8.95. The van der Waals surface area contributed by atoms with Crippen LogP contribution in [-0.2, 0) is 29.4 Å². The number of aryl methyl sites for hydroxylation is 1. The Labute approximate surface area is 214 Å². The van der Waals surface area contributed by atoms with E-state index in [-0.39, 0.29) is 22.2 Å². The topological polar surface area (TPSA) is 93.1 Å². The third-order valence-electron chi connectivity index (χ3n) is 5.44. The molecule has 0 bridgehead atoms. The number of halogens is 5. The first-order chi connectivity index (χ1) is 17.2. The fourth-order valence-corrected chi connectivity index (χ4v) is 5.82. The van der Waals surface area contributed by atoms with Crippen LogP contribution in [0.4, 0.5) is 26.7 Å². The average Bonchev–Trinajstić information content (AvgIpc) is 3.38. The van der Waals surface area contributed by atoms with Crippen LogP contribution in [-0.4, -0.2) is 36.7 Å². The first kappa shape index (κ1) is 28.6. The van der Waals surface area contributed by atoms with Gasteiger partial charge in [-0.25, -0.2) is 31.7 Å². The fourth-order valence-electron chi connectivity index (χ4n) is 3.67. The summed E-state index contributed by atoms with van der Waals surface area (Å²) in [6.45, 7) is 2.83. The van der Waals surface area contributed by atoms with Gasteiger partial charge in [0.15, 0.2) is 0 Å². The Bertz CT molecular complexity index is 1330. The van der Waals surface area contributed by atoms with Crippen molar-refractivity contribution in [3.8, 4) is 0 Å². The van der Waals surface area contributed by atoms with E-state index in [1.54, 1.807) is 34.0 Å². The zero-order valence-corrected chi connectivity index (χ0v) is 21.5. The summed E-state index contributed by atoms with van der Waals surface area (Å²) < 4.78 is 93.6. The van der Waals surface area contributed by atoms with Gasteiger partial charge in [0.25, 0.3) is 10.0 Å². The predicted molar refractivity (Wildman–Crippen MR) is 128 cm³/mol. The molecule has 0 fully saturated rings. The molecule has 2 amide bonds. The van der Waals surface area contributed by atoms with E-state index in [9.17, 15) is 35.2 Å². The third-order valence-corrected chi connectivity index (χ3v) is 8.26. The second-order valence-corrected chi connectivity index (χ2v) is 11.5. The van der Waals surface area contributed by atoms with Crippen molar-refractivity contribution < 1.29 is 35.2 Å². The molecule has 0 aliphatic carbocycles. The normalized spacial score (nSPS) is 12.9. The fraction of sp³-hybridized carbons (Fsp3) is 0.391. The molecule has 3 aromatic rings. The van der Waals surface area contributed by atoms with Crippen molar-refractivity contribution in [1.29, 1.82) is 0 Å². The van der Waals surface area contributed by atoms with Gasteiger partial charge < -0.3 is 9.88 Å². The number of nitrogens with one attached hydrogen (secondary N) is 2. The number of carbonyl (C=O) groups is 1. The largest absolute Gasteiger partial charge is 0.390 e. The van der Waals surface area contributed by atoms with Crippen molar-refractivity contribution in [1.82, 2.24) is 19.6 Å². The number of rotatable bonds is 10. The average molecular weight is 565 g/mol. The molecule has 1 unspecified atom stereocenters. The lowest BCUT2D eigenvalue weighted by molar-refractivity contribution is -0.132. The van der Waals surface area contributed by atoms with Gasteiger partial charge in [-0.15, -0.1) is 11.3 Å². The minimum Gasteiger partial charge on any atom is -0.337 e. The van der Waals surface area contributed by atoms with E-state index in [2.05, 4.69) is 4.98 Å². The molecule has 0 saturated heterocycles. The summed E-state index contributed by atoms with van der Waals surface area (Å²) in [5, 5.41) is 3.42. The maximum Gasteiger partial charge on any atom is 0.390 e. The number of imidazole rings is 1. The van der Waals surface area contributed by atoms with E-state index in [0.717, 1.165) is 11.3 Å². The van der Waals surface area contributed by atoms with Gasteiger partial charge in [-0.3, -0.25) is 0 Å². The summed E-state index contributed by atoms with van der Waals surface area (Å²) in [6, 6.07) is 2.66. The molecule has 0 aliphatic rings. The molecule has 0 radical (unpaired) electrons. The number of hydrogen-bond donors (Lipinski definition) is 2. The van der Waals surface area contributed by atoms with Crippen molar-refractivity contribution >= 4 is 27.4 Å². The Hall–Kier alpha value is -3.00. The number of carbonyl (C=O) groups excluding carboxylic acids is 1. The van der Waals surface area contributed by atoms with Gasteiger partial charge in [-0.05, 0) is 60.4 Å². The number of hydrogen-bond acceptors (Lipinski definition) is 5. The van der Waals surface area contributed by atoms with Gasteiger partial charge in [-0.2, -0.15) is 13.2 Å². The summed E-state index contributed by atoms with van der Waals surface area (Å²) in [6.07, 6.45) is -1.87. The van der Waals surface area contributed by atoms with Gasteiger partial charge in [0.2, 0.25) is 0 Å². The van der Waals surface area contributed by atoms with Crippen LogP contribution in [0, 0.1) is 24.5 Å². The summed E-state index contributed by atoms with van der Waals surface area (Å²) >= 11 is 0.847. The van der Waals surface area contributed by atoms with Gasteiger partial charge in [0.1, 0.15) is 21.7 Å². The van der Waals surface area contributed by atoms with E-state index in [1.165, 1.54) is 18.2 Å². The van der Waals surface area contributed by atoms with Crippen molar-refractivity contribution in [2.24, 2.45) is 5.92 Å². The zero-order valence-electron chi connectivity index (χ0n) is 19.9. The number of alkyl halides is 3. The highest BCUT2D eigenvalue weighted by molar-refractivity contribution is 7.92. The highest BCUT2D eigenvalue weighted by Gasteiger charge is 2.27. The predicted octanol–water partition coefficient (Wildman–Crippen LogP) is 4.94. The number of nitrogens with zero attached hydrogens (tertiary/aromatic N) is 2. The molecule has 0 saturated carbocycles. The van der Waals surface area contributed by atoms with Crippen molar-refractivity contribution in [3.05, 3.63) is 70.1 Å². The van der Waals surface area contributed by atoms with Crippen molar-refractivity contribution in [2.75, 3.05) is 6.54 Å². The first-order valence-corrected chi connectivity index (χ1v) is 13.5. The van der Waals surface area contributed by atoms with E-state index in [1.807, 2.05) is 12.2 Å². The van der Waals surface area contributed by atoms with Gasteiger partial charge >= 0.3 is 12.2 Å². The quantitative estimate of drug-likeness (QED) is 0.341. The second-order valence-electron chi connectivity index (χ2n) is 8.65. The first-order valence-electron chi connectivity index (χ1n) is 11.1. The zero-order chi connectivity index (χ0) is 27.4. The van der Waals surface area contributed by atoms with Crippen LogP contribution in [0.25, 0.3) is 0 Å². The summed E-state index contributed by atoms with van der Waals surface area (Å²) in [4.78, 5) is 15.7. The third kappa shape index (κ3) is 8.25. The van der Waals surface area contributed by atoms with E-state index >= 15 is 0 Å². The van der Waals surface area contributed by atoms with Crippen LogP contribution in [0.3, 0.4) is 0 Å². The SMILES string of the molecule is Cc1nccn1Cc1c(F)cc(CC(C)Cc2csc(S(=O)(=O)NC(=O)NCCC(F)(F)F)c2)cc1F. The molecule has 3 rings (SSSR count). The molecule has 1 aromatic carbocycles. The van der Waals surface area contributed by atoms with Gasteiger partial charge in [-0.1, -0.05) is 6.92 Å². The maximum absolute atomic E-state index is 14.7. The van der Waals surface area contributed by atoms with Crippen LogP contribution in [0.5, 0.6) is 0 Å². The van der Waals surface area contributed by atoms with Crippen LogP contribution < -0.4 is 10.0 Å². The van der Waals surface area contributed by atoms with Crippen molar-refractivity contribution in [2.45, 2.75) is 50.0 Å². The minimum absolute atomic E-state index is 0.0138. The van der Waals surface area contributed by atoms with Crippen LogP contribution >= 0.6 is 11.3 Å². The maximum atomic E-state index is 14.7. The Balaban J connectivity index is 1.58. The molecule has 0 spiro atoms. The number of benzene rings is 1. The minimum atomic E-state index is -4.48. The molecule has 0 aliphatic heterocycles. The van der Waals surface area contributed by atoms with Gasteiger partial charge in [0, 0.05) is 24.5 Å². The smallest absolute Gasteiger partial charge is 0.337 e. The molecule has 2 aromatic heterocycles. The molecule has 202 valence electrons. The Morgan fingerprint density at radius 2 is 1.78 bits per heavy atom. The molecular weight excluding hydrogens is 539 g/mol. The Morgan fingerprint density at radius 3 is 2.38 bits per heavy atom. The molecule has 14 heteroatoms. The lowest BCUT2D eigenvalue weighted by Crippen LogP contribution is -2.40. The van der Waals surface area contributed by atoms with Crippen molar-refractivity contribution in [3.63, 3.8) is 0 Å². The number of amides is 2. The monoisotopic (exact) mass is 564 g/mol.